The number of nitrogens with one attached hydrogen (secondary N) is 1. The third-order valence-electron chi connectivity index (χ3n) is 3.25. The molecule has 0 unspecified atom stereocenters. The third kappa shape index (κ3) is 3.85. The lowest BCUT2D eigenvalue weighted by molar-refractivity contribution is 0.141. The Balaban J connectivity index is 0.00000162. The third-order valence-corrected chi connectivity index (χ3v) is 3.25. The summed E-state index contributed by atoms with van der Waals surface area (Å²) < 4.78 is 0. The molecule has 0 amide bonds. The Morgan fingerprint density at radius 2 is 2.00 bits per heavy atom. The summed E-state index contributed by atoms with van der Waals surface area (Å²) in [6.07, 6.45) is 0.712. The average molecular weight is 273 g/mol. The van der Waals surface area contributed by atoms with E-state index in [1.807, 2.05) is 12.1 Å². The molecule has 1 aromatic carbocycles. The van der Waals surface area contributed by atoms with Crippen LogP contribution in [0.3, 0.4) is 0 Å². The van der Waals surface area contributed by atoms with Crippen LogP contribution in [-0.4, -0.2) is 47.9 Å². The maximum Gasteiger partial charge on any atom is 0.115 e. The first kappa shape index (κ1) is 15.2. The molecule has 18 heavy (non-hydrogen) atoms. The first-order valence-electron chi connectivity index (χ1n) is 6.16. The van der Waals surface area contributed by atoms with Gasteiger partial charge in [0.25, 0.3) is 0 Å². The largest absolute Gasteiger partial charge is 0.508 e. The number of phenolic OH excluding ortho intramolecular Hbond substituents is 1. The Morgan fingerprint density at radius 1 is 1.28 bits per heavy atom. The number of hydrogen-bond donors (Lipinski definition) is 3. The molecule has 3 N–H and O–H groups in total. The summed E-state index contributed by atoms with van der Waals surface area (Å²) in [5.74, 6) is 0.292. The highest BCUT2D eigenvalue weighted by Crippen LogP contribution is 2.26. The van der Waals surface area contributed by atoms with Gasteiger partial charge in [-0.05, 0) is 24.1 Å². The van der Waals surface area contributed by atoms with E-state index >= 15 is 0 Å². The minimum Gasteiger partial charge on any atom is -0.508 e. The van der Waals surface area contributed by atoms with E-state index in [9.17, 15) is 10.2 Å². The molecule has 1 saturated heterocycles. The number of hydrogen-bond acceptors (Lipinski definition) is 4. The number of rotatable bonds is 4. The van der Waals surface area contributed by atoms with E-state index in [2.05, 4.69) is 10.2 Å². The van der Waals surface area contributed by atoms with E-state index in [0.29, 0.717) is 12.2 Å². The normalized spacial score (nSPS) is 18.1. The molecule has 1 aliphatic rings. The van der Waals surface area contributed by atoms with Gasteiger partial charge in [-0.15, -0.1) is 12.4 Å². The number of aliphatic hydroxyl groups excluding tert-OH is 1. The van der Waals surface area contributed by atoms with Crippen LogP contribution >= 0.6 is 12.4 Å². The zero-order valence-corrected chi connectivity index (χ0v) is 11.2. The minimum absolute atomic E-state index is 0. The molecule has 4 nitrogen and oxygen atoms in total. The first-order valence-corrected chi connectivity index (χ1v) is 6.16. The number of phenols is 1. The van der Waals surface area contributed by atoms with Crippen LogP contribution in [0.25, 0.3) is 0 Å². The topological polar surface area (TPSA) is 55.7 Å². The molecule has 1 atom stereocenters. The summed E-state index contributed by atoms with van der Waals surface area (Å²) in [7, 11) is 0. The molecule has 5 heteroatoms. The number of nitrogens with zero attached hydrogens (tertiary/aromatic N) is 1. The molecule has 0 radical (unpaired) electrons. The fourth-order valence-corrected chi connectivity index (χ4v) is 2.41. The average Bonchev–Trinajstić information content (AvgIpc) is 2.37. The molecule has 0 aromatic heterocycles. The predicted molar refractivity (Wildman–Crippen MR) is 74.2 cm³/mol. The SMILES string of the molecule is Cl.OCC[C@@H](c1cccc(O)c1)N1CCNCC1. The van der Waals surface area contributed by atoms with E-state index < -0.39 is 0 Å². The van der Waals surface area contributed by atoms with Crippen molar-refractivity contribution in [2.24, 2.45) is 0 Å². The van der Waals surface area contributed by atoms with Crippen LogP contribution in [0.2, 0.25) is 0 Å². The van der Waals surface area contributed by atoms with Gasteiger partial charge in [0.1, 0.15) is 5.75 Å². The van der Waals surface area contributed by atoms with Crippen LogP contribution in [0.1, 0.15) is 18.0 Å². The molecule has 1 fully saturated rings. The highest BCUT2D eigenvalue weighted by Gasteiger charge is 2.21. The Bertz CT molecular complexity index is 357. The smallest absolute Gasteiger partial charge is 0.115 e. The van der Waals surface area contributed by atoms with Gasteiger partial charge in [0, 0.05) is 38.8 Å². The van der Waals surface area contributed by atoms with Gasteiger partial charge < -0.3 is 15.5 Å². The van der Waals surface area contributed by atoms with Gasteiger partial charge >= 0.3 is 0 Å². The van der Waals surface area contributed by atoms with Gasteiger partial charge in [-0.1, -0.05) is 12.1 Å². The second kappa shape index (κ2) is 7.59. The predicted octanol–water partition coefficient (Wildman–Crippen LogP) is 1.14. The van der Waals surface area contributed by atoms with Gasteiger partial charge in [0.15, 0.2) is 0 Å². The van der Waals surface area contributed by atoms with E-state index in [-0.39, 0.29) is 25.1 Å². The van der Waals surface area contributed by atoms with Crippen molar-refractivity contribution in [2.45, 2.75) is 12.5 Å². The number of piperazine rings is 1. The second-order valence-electron chi connectivity index (χ2n) is 4.41. The van der Waals surface area contributed by atoms with Crippen molar-refractivity contribution in [1.82, 2.24) is 10.2 Å². The molecule has 102 valence electrons. The number of aliphatic hydroxyl groups is 1. The van der Waals surface area contributed by atoms with Crippen molar-refractivity contribution < 1.29 is 10.2 Å². The Hall–Kier alpha value is -0.810. The molecule has 2 rings (SSSR count). The molecular formula is C13H21ClN2O2. The molecular weight excluding hydrogens is 252 g/mol. The molecule has 0 aliphatic carbocycles. The van der Waals surface area contributed by atoms with Crippen LogP contribution in [0.4, 0.5) is 0 Å². The zero-order valence-electron chi connectivity index (χ0n) is 10.4. The molecule has 1 heterocycles. The lowest BCUT2D eigenvalue weighted by Gasteiger charge is -2.35. The van der Waals surface area contributed by atoms with Crippen LogP contribution in [0.15, 0.2) is 24.3 Å². The summed E-state index contributed by atoms with van der Waals surface area (Å²) in [5.41, 5.74) is 1.08. The summed E-state index contributed by atoms with van der Waals surface area (Å²) in [4.78, 5) is 2.36. The van der Waals surface area contributed by atoms with Crippen LogP contribution < -0.4 is 5.32 Å². The molecule has 1 aliphatic heterocycles. The number of benzene rings is 1. The van der Waals surface area contributed by atoms with Crippen molar-refractivity contribution in [2.75, 3.05) is 32.8 Å². The molecule has 1 aromatic rings. The van der Waals surface area contributed by atoms with E-state index in [1.165, 1.54) is 0 Å². The zero-order chi connectivity index (χ0) is 12.1. The van der Waals surface area contributed by atoms with Crippen molar-refractivity contribution >= 4 is 12.4 Å². The van der Waals surface area contributed by atoms with Gasteiger partial charge in [0.05, 0.1) is 0 Å². The molecule has 0 saturated carbocycles. The monoisotopic (exact) mass is 272 g/mol. The molecule has 0 spiro atoms. The van der Waals surface area contributed by atoms with Gasteiger partial charge in [-0.2, -0.15) is 0 Å². The van der Waals surface area contributed by atoms with Crippen LogP contribution in [0, 0.1) is 0 Å². The summed E-state index contributed by atoms with van der Waals surface area (Å²) in [6.45, 7) is 4.12. The van der Waals surface area contributed by atoms with Crippen molar-refractivity contribution in [1.29, 1.82) is 0 Å². The summed E-state index contributed by atoms with van der Waals surface area (Å²) in [5, 5.41) is 22.0. The Morgan fingerprint density at radius 3 is 2.61 bits per heavy atom. The van der Waals surface area contributed by atoms with Crippen LogP contribution in [0.5, 0.6) is 5.75 Å². The molecule has 0 bridgehead atoms. The van der Waals surface area contributed by atoms with Crippen LogP contribution in [-0.2, 0) is 0 Å². The highest BCUT2D eigenvalue weighted by molar-refractivity contribution is 5.85. The lowest BCUT2D eigenvalue weighted by atomic mass is 10.0. The van der Waals surface area contributed by atoms with E-state index in [4.69, 9.17) is 0 Å². The minimum atomic E-state index is 0. The van der Waals surface area contributed by atoms with Crippen molar-refractivity contribution in [3.05, 3.63) is 29.8 Å². The van der Waals surface area contributed by atoms with E-state index in [0.717, 1.165) is 31.7 Å². The maximum atomic E-state index is 9.54. The first-order chi connectivity index (χ1) is 8.31. The standard InChI is InChI=1S/C13H20N2O2.ClH/c16-9-4-13(15-7-5-14-6-8-15)11-2-1-3-12(17)10-11;/h1-3,10,13-14,16-17H,4-9H2;1H/t13-;/m0./s1. The number of aromatic hydroxyl groups is 1. The van der Waals surface area contributed by atoms with Gasteiger partial charge in [-0.3, -0.25) is 4.90 Å². The van der Waals surface area contributed by atoms with Crippen molar-refractivity contribution in [3.63, 3.8) is 0 Å². The summed E-state index contributed by atoms with van der Waals surface area (Å²) >= 11 is 0. The highest BCUT2D eigenvalue weighted by atomic mass is 35.5. The van der Waals surface area contributed by atoms with Gasteiger partial charge in [0.2, 0.25) is 0 Å². The summed E-state index contributed by atoms with van der Waals surface area (Å²) in [6, 6.07) is 7.55. The maximum absolute atomic E-state index is 9.54. The Labute approximate surface area is 114 Å². The van der Waals surface area contributed by atoms with E-state index in [1.54, 1.807) is 12.1 Å². The van der Waals surface area contributed by atoms with Crippen molar-refractivity contribution in [3.8, 4) is 5.75 Å². The lowest BCUT2D eigenvalue weighted by Crippen LogP contribution is -2.45. The fraction of sp³-hybridized carbons (Fsp3) is 0.538. The quantitative estimate of drug-likeness (QED) is 0.770. The second-order valence-corrected chi connectivity index (χ2v) is 4.41. The fourth-order valence-electron chi connectivity index (χ4n) is 2.41. The van der Waals surface area contributed by atoms with Gasteiger partial charge in [-0.25, -0.2) is 0 Å². The Kier molecular flexibility index (Phi) is 6.43. The number of halogens is 1.